The summed E-state index contributed by atoms with van der Waals surface area (Å²) in [4.78, 5) is 2.18. The van der Waals surface area contributed by atoms with E-state index < -0.39 is 29.9 Å². The van der Waals surface area contributed by atoms with Gasteiger partial charge in [-0.05, 0) is 80.5 Å². The molecule has 2 aliphatic rings. The molecule has 0 radical (unpaired) electrons. The normalized spacial score (nSPS) is 25.9. The smallest absolute Gasteiger partial charge is 0.420 e. The first-order chi connectivity index (χ1) is 15.9. The summed E-state index contributed by atoms with van der Waals surface area (Å²) < 4.78 is 87.2. The Morgan fingerprint density at radius 1 is 0.971 bits per heavy atom. The van der Waals surface area contributed by atoms with Gasteiger partial charge in [-0.2, -0.15) is 26.3 Å². The molecule has 1 saturated carbocycles. The van der Waals surface area contributed by atoms with Gasteiger partial charge in [0.1, 0.15) is 11.3 Å². The lowest BCUT2D eigenvalue weighted by Gasteiger charge is -2.35. The maximum absolute atomic E-state index is 14.2. The van der Waals surface area contributed by atoms with Gasteiger partial charge in [-0.3, -0.25) is 4.90 Å². The molecule has 0 aromatic heterocycles. The maximum atomic E-state index is 14.2. The zero-order chi connectivity index (χ0) is 24.7. The molecule has 1 heterocycles. The molecule has 1 aliphatic carbocycles. The Bertz CT molecular complexity index is 997. The van der Waals surface area contributed by atoms with Gasteiger partial charge in [0, 0.05) is 18.6 Å². The highest BCUT2D eigenvalue weighted by atomic mass is 19.4. The Kier molecular flexibility index (Phi) is 7.06. The van der Waals surface area contributed by atoms with Gasteiger partial charge in [-0.1, -0.05) is 18.2 Å². The van der Waals surface area contributed by atoms with Crippen LogP contribution in [0, 0.1) is 5.92 Å². The lowest BCUT2D eigenvalue weighted by atomic mass is 9.87. The van der Waals surface area contributed by atoms with Crippen LogP contribution in [-0.4, -0.2) is 36.3 Å². The van der Waals surface area contributed by atoms with E-state index in [1.165, 1.54) is 6.07 Å². The molecule has 2 atom stereocenters. The van der Waals surface area contributed by atoms with Crippen LogP contribution in [0.1, 0.15) is 62.6 Å². The Morgan fingerprint density at radius 3 is 2.26 bits per heavy atom. The summed E-state index contributed by atoms with van der Waals surface area (Å²) in [5.41, 5.74) is 5.98. The largest absolute Gasteiger partial charge is 0.490 e. The van der Waals surface area contributed by atoms with Gasteiger partial charge in [-0.25, -0.2) is 0 Å². The lowest BCUT2D eigenvalue weighted by molar-refractivity contribution is -0.185. The van der Waals surface area contributed by atoms with E-state index in [4.69, 9.17) is 10.5 Å². The first kappa shape index (κ1) is 25.1. The molecule has 0 amide bonds. The lowest BCUT2D eigenvalue weighted by Crippen LogP contribution is -2.43. The van der Waals surface area contributed by atoms with Crippen molar-refractivity contribution in [2.24, 2.45) is 11.7 Å². The Morgan fingerprint density at radius 2 is 1.65 bits per heavy atom. The van der Waals surface area contributed by atoms with E-state index in [1.54, 1.807) is 18.2 Å². The summed E-state index contributed by atoms with van der Waals surface area (Å²) in [5, 5.41) is 0.478. The third-order valence-electron chi connectivity index (χ3n) is 7.24. The van der Waals surface area contributed by atoms with E-state index >= 15 is 0 Å². The van der Waals surface area contributed by atoms with Crippen molar-refractivity contribution in [3.8, 4) is 5.75 Å². The van der Waals surface area contributed by atoms with Crippen molar-refractivity contribution in [1.82, 2.24) is 4.90 Å². The summed E-state index contributed by atoms with van der Waals surface area (Å²) in [6, 6.07) is 7.90. The molecular formula is C25H30F6N2O. The summed E-state index contributed by atoms with van der Waals surface area (Å²) in [6.07, 6.45) is -7.87. The van der Waals surface area contributed by atoms with Crippen molar-refractivity contribution in [1.29, 1.82) is 0 Å². The van der Waals surface area contributed by atoms with Crippen molar-refractivity contribution in [3.63, 3.8) is 0 Å². The zero-order valence-corrected chi connectivity index (χ0v) is 19.1. The van der Waals surface area contributed by atoms with Crippen LogP contribution in [0.5, 0.6) is 5.75 Å². The first-order valence-electron chi connectivity index (χ1n) is 11.8. The van der Waals surface area contributed by atoms with Gasteiger partial charge in [0.2, 0.25) is 0 Å². The van der Waals surface area contributed by atoms with Gasteiger partial charge in [0.05, 0.1) is 12.0 Å². The number of piperidine rings is 1. The van der Waals surface area contributed by atoms with Crippen LogP contribution < -0.4 is 10.5 Å². The number of likely N-dealkylation sites (tertiary alicyclic amines) is 1. The van der Waals surface area contributed by atoms with Crippen molar-refractivity contribution in [2.45, 2.75) is 76.0 Å². The third-order valence-corrected chi connectivity index (χ3v) is 7.24. The number of ether oxygens (including phenoxy) is 1. The minimum Gasteiger partial charge on any atom is -0.490 e. The number of hydrogen-bond acceptors (Lipinski definition) is 3. The number of alkyl halides is 6. The van der Waals surface area contributed by atoms with Crippen molar-refractivity contribution >= 4 is 10.8 Å². The highest BCUT2D eigenvalue weighted by Crippen LogP contribution is 2.44. The molecule has 1 aliphatic heterocycles. The fraction of sp³-hybridized carbons (Fsp3) is 0.600. The minimum atomic E-state index is -4.67. The second kappa shape index (κ2) is 9.57. The van der Waals surface area contributed by atoms with Crippen molar-refractivity contribution in [3.05, 3.63) is 41.5 Å². The molecule has 1 saturated heterocycles. The molecule has 2 N–H and O–H groups in total. The zero-order valence-electron chi connectivity index (χ0n) is 19.1. The van der Waals surface area contributed by atoms with E-state index in [1.807, 2.05) is 13.0 Å². The van der Waals surface area contributed by atoms with Crippen molar-refractivity contribution in [2.75, 3.05) is 13.1 Å². The average Bonchev–Trinajstić information content (AvgIpc) is 2.77. The SMILES string of the molecule is CC(c1ccc2ccc(OC3CCC(C(F)(F)F)CC3)c(C(F)(F)F)c2c1)N1CCC[C@@H](N)C1. The van der Waals surface area contributed by atoms with Gasteiger partial charge < -0.3 is 10.5 Å². The molecule has 188 valence electrons. The standard InChI is InChI=1S/C25H30F6N2O/c1-15(33-12-2-3-19(32)14-33)17-5-4-16-6-11-22(23(21(16)13-17)25(29,30)31)34-20-9-7-18(8-10-20)24(26,27)28/h4-6,11,13,15,18-20H,2-3,7-10,12,14,32H2,1H3/t15?,18?,19-,20?/m1/s1. The predicted octanol–water partition coefficient (Wildman–Crippen LogP) is 6.84. The van der Waals surface area contributed by atoms with Crippen LogP contribution in [0.4, 0.5) is 26.3 Å². The highest BCUT2D eigenvalue weighted by Gasteiger charge is 2.43. The highest BCUT2D eigenvalue weighted by molar-refractivity contribution is 5.89. The van der Waals surface area contributed by atoms with Crippen LogP contribution in [-0.2, 0) is 6.18 Å². The van der Waals surface area contributed by atoms with Gasteiger partial charge in [-0.15, -0.1) is 0 Å². The number of nitrogens with two attached hydrogens (primary N) is 1. The average molecular weight is 489 g/mol. The predicted molar refractivity (Wildman–Crippen MR) is 119 cm³/mol. The minimum absolute atomic E-state index is 0.0413. The summed E-state index contributed by atoms with van der Waals surface area (Å²) in [5.74, 6) is -1.74. The molecule has 1 unspecified atom stereocenters. The van der Waals surface area contributed by atoms with Gasteiger partial charge >= 0.3 is 12.4 Å². The number of nitrogens with zero attached hydrogens (tertiary/aromatic N) is 1. The maximum Gasteiger partial charge on any atom is 0.420 e. The molecule has 2 aromatic rings. The Balaban J connectivity index is 1.63. The quantitative estimate of drug-likeness (QED) is 0.479. The second-order valence-electron chi connectivity index (χ2n) is 9.62. The summed E-state index contributed by atoms with van der Waals surface area (Å²) in [6.45, 7) is 3.49. The topological polar surface area (TPSA) is 38.5 Å². The molecule has 3 nitrogen and oxygen atoms in total. The number of rotatable bonds is 4. The first-order valence-corrected chi connectivity index (χ1v) is 11.8. The number of halogens is 6. The van der Waals surface area contributed by atoms with Crippen LogP contribution in [0.2, 0.25) is 0 Å². The number of hydrogen-bond donors (Lipinski definition) is 1. The number of fused-ring (bicyclic) bond motifs is 1. The molecule has 9 heteroatoms. The van der Waals surface area contributed by atoms with Crippen LogP contribution in [0.15, 0.2) is 30.3 Å². The Labute approximate surface area is 195 Å². The van der Waals surface area contributed by atoms with Gasteiger partial charge in [0.25, 0.3) is 0 Å². The van der Waals surface area contributed by atoms with E-state index in [2.05, 4.69) is 4.90 Å². The fourth-order valence-electron chi connectivity index (χ4n) is 5.26. The van der Waals surface area contributed by atoms with E-state index in [-0.39, 0.29) is 48.9 Å². The van der Waals surface area contributed by atoms with Crippen LogP contribution in [0.3, 0.4) is 0 Å². The number of benzene rings is 2. The van der Waals surface area contributed by atoms with Gasteiger partial charge in [0.15, 0.2) is 0 Å². The van der Waals surface area contributed by atoms with Crippen molar-refractivity contribution < 1.29 is 31.1 Å². The molecule has 2 aromatic carbocycles. The molecule has 0 bridgehead atoms. The van der Waals surface area contributed by atoms with Crippen LogP contribution in [0.25, 0.3) is 10.8 Å². The van der Waals surface area contributed by atoms with Crippen LogP contribution >= 0.6 is 0 Å². The van der Waals surface area contributed by atoms with E-state index in [9.17, 15) is 26.3 Å². The molecule has 0 spiro atoms. The molecular weight excluding hydrogens is 458 g/mol. The fourth-order valence-corrected chi connectivity index (χ4v) is 5.26. The molecule has 2 fully saturated rings. The molecule has 4 rings (SSSR count). The second-order valence-corrected chi connectivity index (χ2v) is 9.62. The molecule has 34 heavy (non-hydrogen) atoms. The monoisotopic (exact) mass is 488 g/mol. The van der Waals surface area contributed by atoms with E-state index in [0.717, 1.165) is 24.9 Å². The summed E-state index contributed by atoms with van der Waals surface area (Å²) >= 11 is 0. The summed E-state index contributed by atoms with van der Waals surface area (Å²) in [7, 11) is 0. The van der Waals surface area contributed by atoms with E-state index in [0.29, 0.717) is 11.9 Å². The Hall–Kier alpha value is -2.00. The third kappa shape index (κ3) is 5.46.